The van der Waals surface area contributed by atoms with Gasteiger partial charge in [-0.15, -0.1) is 0 Å². The summed E-state index contributed by atoms with van der Waals surface area (Å²) in [6, 6.07) is 12.7. The molecule has 0 saturated heterocycles. The summed E-state index contributed by atoms with van der Waals surface area (Å²) < 4.78 is 1.67. The third-order valence-electron chi connectivity index (χ3n) is 6.73. The van der Waals surface area contributed by atoms with Crippen LogP contribution in [-0.4, -0.2) is 26.9 Å². The second kappa shape index (κ2) is 10.1. The smallest absolute Gasteiger partial charge is 0.266 e. The third kappa shape index (κ3) is 4.84. The average Bonchev–Trinajstić information content (AvgIpc) is 2.75. The molecule has 1 amide bonds. The molecule has 1 heterocycles. The van der Waals surface area contributed by atoms with Gasteiger partial charge in [0.1, 0.15) is 5.82 Å². The van der Waals surface area contributed by atoms with Gasteiger partial charge in [0.2, 0.25) is 5.91 Å². The molecule has 1 unspecified atom stereocenters. The maximum Gasteiger partial charge on any atom is 0.266 e. The molecule has 174 valence electrons. The Morgan fingerprint density at radius 2 is 1.91 bits per heavy atom. The van der Waals surface area contributed by atoms with Gasteiger partial charge in [-0.05, 0) is 63.4 Å². The fourth-order valence-electron chi connectivity index (χ4n) is 4.46. The molecule has 1 aliphatic rings. The van der Waals surface area contributed by atoms with Crippen LogP contribution in [-0.2, 0) is 4.79 Å². The van der Waals surface area contributed by atoms with Crippen molar-refractivity contribution in [1.82, 2.24) is 14.5 Å². The first kappa shape index (κ1) is 23.5. The number of aromatic nitrogens is 2. The molecular weight excluding hydrogens is 434 g/mol. The number of amides is 1. The molecule has 0 spiro atoms. The number of hydrogen-bond acceptors (Lipinski definition) is 3. The highest BCUT2D eigenvalue weighted by atomic mass is 35.5. The molecule has 0 radical (unpaired) electrons. The lowest BCUT2D eigenvalue weighted by Gasteiger charge is -2.36. The minimum absolute atomic E-state index is 0.0866. The van der Waals surface area contributed by atoms with Crippen molar-refractivity contribution in [3.63, 3.8) is 0 Å². The topological polar surface area (TPSA) is 55.2 Å². The molecule has 3 aromatic rings. The molecular formula is C27H32ClN3O2. The van der Waals surface area contributed by atoms with E-state index in [2.05, 4.69) is 6.92 Å². The van der Waals surface area contributed by atoms with Gasteiger partial charge in [0.25, 0.3) is 5.56 Å². The van der Waals surface area contributed by atoms with Gasteiger partial charge in [0, 0.05) is 17.5 Å². The largest absolute Gasteiger partial charge is 0.333 e. The van der Waals surface area contributed by atoms with E-state index in [4.69, 9.17) is 16.6 Å². The predicted molar refractivity (Wildman–Crippen MR) is 134 cm³/mol. The normalized spacial score (nSPS) is 14.8. The van der Waals surface area contributed by atoms with Crippen LogP contribution in [0.2, 0.25) is 5.02 Å². The zero-order chi connectivity index (χ0) is 23.5. The highest BCUT2D eigenvalue weighted by Gasteiger charge is 2.33. The molecule has 5 nitrogen and oxygen atoms in total. The first-order chi connectivity index (χ1) is 15.9. The van der Waals surface area contributed by atoms with E-state index in [9.17, 15) is 9.59 Å². The van der Waals surface area contributed by atoms with Gasteiger partial charge in [-0.3, -0.25) is 14.2 Å². The molecule has 0 aliphatic heterocycles. The van der Waals surface area contributed by atoms with Gasteiger partial charge >= 0.3 is 0 Å². The number of aryl methyl sites for hydroxylation is 1. The van der Waals surface area contributed by atoms with Crippen molar-refractivity contribution >= 4 is 28.4 Å². The van der Waals surface area contributed by atoms with Gasteiger partial charge in [0.05, 0.1) is 22.6 Å². The lowest BCUT2D eigenvalue weighted by molar-refractivity contribution is -0.140. The number of fused-ring (bicyclic) bond motifs is 1. The number of halogens is 1. The quantitative estimate of drug-likeness (QED) is 0.370. The highest BCUT2D eigenvalue weighted by molar-refractivity contribution is 6.31. The molecule has 1 atom stereocenters. The number of rotatable bonds is 8. The molecule has 0 bridgehead atoms. The Kier molecular flexibility index (Phi) is 7.18. The summed E-state index contributed by atoms with van der Waals surface area (Å²) >= 11 is 6.23. The first-order valence-electron chi connectivity index (χ1n) is 12.0. The zero-order valence-corrected chi connectivity index (χ0v) is 20.4. The fourth-order valence-corrected chi connectivity index (χ4v) is 4.62. The maximum absolute atomic E-state index is 13.7. The standard InChI is InChI=1S/C27H32ClN3O2/c1-4-5-6-16-30(26(32)20-8-7-9-20)19(3)25-29-24-17-21(28)12-15-23(24)27(33)31(25)22-13-10-18(2)11-14-22/h10-15,17,19-20H,4-9,16H2,1-3H3. The van der Waals surface area contributed by atoms with E-state index in [0.29, 0.717) is 28.3 Å². The Bertz CT molecular complexity index is 1200. The minimum atomic E-state index is -0.340. The number of hydrogen-bond donors (Lipinski definition) is 0. The molecule has 1 aromatic heterocycles. The maximum atomic E-state index is 13.7. The van der Waals surface area contributed by atoms with Gasteiger partial charge in [-0.1, -0.05) is 55.5 Å². The fraction of sp³-hybridized carbons (Fsp3) is 0.444. The summed E-state index contributed by atoms with van der Waals surface area (Å²) in [5, 5.41) is 1.05. The van der Waals surface area contributed by atoms with Crippen molar-refractivity contribution in [2.45, 2.75) is 65.3 Å². The first-order valence-corrected chi connectivity index (χ1v) is 12.4. The van der Waals surface area contributed by atoms with E-state index >= 15 is 0 Å². The van der Waals surface area contributed by atoms with Crippen molar-refractivity contribution in [2.75, 3.05) is 6.54 Å². The number of unbranched alkanes of at least 4 members (excludes halogenated alkanes) is 2. The zero-order valence-electron chi connectivity index (χ0n) is 19.7. The second-order valence-corrected chi connectivity index (χ2v) is 9.59. The molecule has 2 aromatic carbocycles. The Labute approximate surface area is 200 Å². The summed E-state index contributed by atoms with van der Waals surface area (Å²) in [7, 11) is 0. The summed E-state index contributed by atoms with van der Waals surface area (Å²) in [5.41, 5.74) is 2.28. The Balaban J connectivity index is 1.86. The van der Waals surface area contributed by atoms with E-state index in [1.54, 1.807) is 22.8 Å². The van der Waals surface area contributed by atoms with E-state index in [1.165, 1.54) is 0 Å². The number of carbonyl (C=O) groups is 1. The van der Waals surface area contributed by atoms with Crippen LogP contribution in [0.1, 0.15) is 69.8 Å². The van der Waals surface area contributed by atoms with Crippen molar-refractivity contribution < 1.29 is 4.79 Å². The molecule has 33 heavy (non-hydrogen) atoms. The number of carbonyl (C=O) groups excluding carboxylic acids is 1. The van der Waals surface area contributed by atoms with Crippen molar-refractivity contribution in [2.24, 2.45) is 5.92 Å². The van der Waals surface area contributed by atoms with E-state index in [-0.39, 0.29) is 23.4 Å². The number of benzene rings is 2. The van der Waals surface area contributed by atoms with Gasteiger partial charge in [-0.2, -0.15) is 0 Å². The second-order valence-electron chi connectivity index (χ2n) is 9.15. The lowest BCUT2D eigenvalue weighted by atomic mass is 9.84. The van der Waals surface area contributed by atoms with Crippen LogP contribution in [0.15, 0.2) is 47.3 Å². The van der Waals surface area contributed by atoms with Crippen LogP contribution in [0.4, 0.5) is 0 Å². The Morgan fingerprint density at radius 1 is 1.18 bits per heavy atom. The average molecular weight is 466 g/mol. The minimum Gasteiger partial charge on any atom is -0.333 e. The van der Waals surface area contributed by atoms with Gasteiger partial charge < -0.3 is 4.90 Å². The van der Waals surface area contributed by atoms with E-state index in [0.717, 1.165) is 49.8 Å². The Morgan fingerprint density at radius 3 is 2.55 bits per heavy atom. The molecule has 6 heteroatoms. The molecule has 1 saturated carbocycles. The van der Waals surface area contributed by atoms with Crippen LogP contribution >= 0.6 is 11.6 Å². The van der Waals surface area contributed by atoms with Crippen molar-refractivity contribution in [1.29, 1.82) is 0 Å². The third-order valence-corrected chi connectivity index (χ3v) is 6.97. The van der Waals surface area contributed by atoms with Crippen LogP contribution < -0.4 is 5.56 Å². The molecule has 1 fully saturated rings. The number of nitrogens with zero attached hydrogens (tertiary/aromatic N) is 3. The van der Waals surface area contributed by atoms with Crippen molar-refractivity contribution in [3.05, 3.63) is 69.2 Å². The summed E-state index contributed by atoms with van der Waals surface area (Å²) in [6.07, 6.45) is 6.08. The summed E-state index contributed by atoms with van der Waals surface area (Å²) in [4.78, 5) is 34.0. The molecule has 0 N–H and O–H groups in total. The predicted octanol–water partition coefficient (Wildman–Crippen LogP) is 6.23. The van der Waals surface area contributed by atoms with Gasteiger partial charge in [0.15, 0.2) is 0 Å². The van der Waals surface area contributed by atoms with Crippen LogP contribution in [0.5, 0.6) is 0 Å². The van der Waals surface area contributed by atoms with E-state index < -0.39 is 0 Å². The van der Waals surface area contributed by atoms with Crippen LogP contribution in [0.25, 0.3) is 16.6 Å². The molecule has 1 aliphatic carbocycles. The summed E-state index contributed by atoms with van der Waals surface area (Å²) in [6.45, 7) is 6.84. The lowest BCUT2D eigenvalue weighted by Crippen LogP contribution is -2.42. The van der Waals surface area contributed by atoms with Gasteiger partial charge in [-0.25, -0.2) is 4.98 Å². The molecule has 4 rings (SSSR count). The Hall–Kier alpha value is -2.66. The monoisotopic (exact) mass is 465 g/mol. The highest BCUT2D eigenvalue weighted by Crippen LogP contribution is 2.32. The summed E-state index contributed by atoms with van der Waals surface area (Å²) in [5.74, 6) is 0.840. The van der Waals surface area contributed by atoms with Crippen LogP contribution in [0.3, 0.4) is 0 Å². The SMILES string of the molecule is CCCCCN(C(=O)C1CCC1)C(C)c1nc2cc(Cl)ccc2c(=O)n1-c1ccc(C)cc1. The van der Waals surface area contributed by atoms with Crippen LogP contribution in [0, 0.1) is 12.8 Å². The van der Waals surface area contributed by atoms with Crippen molar-refractivity contribution in [3.8, 4) is 5.69 Å². The van der Waals surface area contributed by atoms with E-state index in [1.807, 2.05) is 43.0 Å².